The van der Waals surface area contributed by atoms with E-state index < -0.39 is 0 Å². The number of ether oxygens (including phenoxy) is 1. The van der Waals surface area contributed by atoms with Crippen LogP contribution in [0.3, 0.4) is 0 Å². The maximum absolute atomic E-state index is 9.90. The number of benzene rings is 1. The standard InChI is InChI=1S/C13H10Cl3N3O2/c1-21-10-4-2-3-7(11(10)20)6-17-19-13-9(15)5-8(14)12(16)18-13/h2-6,20H,1H3,(H,18,19)/b17-6+. The quantitative estimate of drug-likeness (QED) is 0.494. The topological polar surface area (TPSA) is 66.7 Å². The van der Waals surface area contributed by atoms with Gasteiger partial charge in [0, 0.05) is 5.56 Å². The van der Waals surface area contributed by atoms with E-state index in [1.165, 1.54) is 19.4 Å². The monoisotopic (exact) mass is 345 g/mol. The van der Waals surface area contributed by atoms with E-state index >= 15 is 0 Å². The third-order valence-electron chi connectivity index (χ3n) is 2.51. The van der Waals surface area contributed by atoms with Crippen LogP contribution in [-0.4, -0.2) is 23.4 Å². The Kier molecular flexibility index (Phi) is 5.12. The molecule has 0 bridgehead atoms. The maximum atomic E-state index is 9.90. The zero-order valence-electron chi connectivity index (χ0n) is 10.8. The number of hydrazone groups is 1. The average Bonchev–Trinajstić information content (AvgIpc) is 2.46. The van der Waals surface area contributed by atoms with E-state index in [0.717, 1.165) is 0 Å². The van der Waals surface area contributed by atoms with E-state index in [1.807, 2.05) is 0 Å². The molecule has 2 rings (SSSR count). The molecule has 0 saturated heterocycles. The van der Waals surface area contributed by atoms with Gasteiger partial charge < -0.3 is 9.84 Å². The van der Waals surface area contributed by atoms with Crippen LogP contribution in [0.4, 0.5) is 5.82 Å². The lowest BCUT2D eigenvalue weighted by Crippen LogP contribution is -1.96. The van der Waals surface area contributed by atoms with Crippen LogP contribution in [0.25, 0.3) is 0 Å². The number of aromatic hydroxyl groups is 1. The van der Waals surface area contributed by atoms with E-state index in [9.17, 15) is 5.11 Å². The Labute approximate surface area is 136 Å². The number of para-hydroxylation sites is 1. The second-order valence-electron chi connectivity index (χ2n) is 3.86. The highest BCUT2D eigenvalue weighted by atomic mass is 35.5. The molecule has 0 aliphatic heterocycles. The minimum absolute atomic E-state index is 0.0151. The van der Waals surface area contributed by atoms with Crippen LogP contribution in [0.5, 0.6) is 11.5 Å². The number of pyridine rings is 1. The number of rotatable bonds is 4. The van der Waals surface area contributed by atoms with E-state index in [4.69, 9.17) is 39.5 Å². The van der Waals surface area contributed by atoms with Crippen LogP contribution in [0.2, 0.25) is 15.2 Å². The minimum Gasteiger partial charge on any atom is -0.504 e. The number of hydrogen-bond acceptors (Lipinski definition) is 5. The molecule has 0 fully saturated rings. The summed E-state index contributed by atoms with van der Waals surface area (Å²) < 4.78 is 5.00. The zero-order chi connectivity index (χ0) is 15.4. The Morgan fingerprint density at radius 2 is 2.05 bits per heavy atom. The SMILES string of the molecule is COc1cccc(/C=N/Nc2nc(Cl)c(Cl)cc2Cl)c1O. The third kappa shape index (κ3) is 3.69. The van der Waals surface area contributed by atoms with Crippen LogP contribution < -0.4 is 10.2 Å². The molecule has 2 aromatic rings. The van der Waals surface area contributed by atoms with Gasteiger partial charge in [0.25, 0.3) is 0 Å². The minimum atomic E-state index is -0.0151. The highest BCUT2D eigenvalue weighted by Gasteiger charge is 2.07. The number of hydrogen-bond donors (Lipinski definition) is 2. The molecule has 110 valence electrons. The molecule has 0 spiro atoms. The maximum Gasteiger partial charge on any atom is 0.166 e. The van der Waals surface area contributed by atoms with Gasteiger partial charge in [-0.1, -0.05) is 40.9 Å². The van der Waals surface area contributed by atoms with Crippen molar-refractivity contribution >= 4 is 46.8 Å². The van der Waals surface area contributed by atoms with Crippen LogP contribution in [0, 0.1) is 0 Å². The number of nitrogens with zero attached hydrogens (tertiary/aromatic N) is 2. The van der Waals surface area contributed by atoms with Gasteiger partial charge in [0.1, 0.15) is 5.15 Å². The Morgan fingerprint density at radius 3 is 2.76 bits per heavy atom. The van der Waals surface area contributed by atoms with Crippen molar-refractivity contribution < 1.29 is 9.84 Å². The lowest BCUT2D eigenvalue weighted by atomic mass is 10.2. The number of aromatic nitrogens is 1. The fourth-order valence-corrected chi connectivity index (χ4v) is 2.03. The van der Waals surface area contributed by atoms with Crippen LogP contribution in [0.1, 0.15) is 5.56 Å². The van der Waals surface area contributed by atoms with E-state index in [0.29, 0.717) is 11.3 Å². The van der Waals surface area contributed by atoms with Gasteiger partial charge in [-0.3, -0.25) is 5.43 Å². The van der Waals surface area contributed by atoms with Gasteiger partial charge in [-0.15, -0.1) is 0 Å². The van der Waals surface area contributed by atoms with Gasteiger partial charge in [0.05, 0.1) is 23.4 Å². The number of phenolic OH excluding ortho intramolecular Hbond substituents is 1. The lowest BCUT2D eigenvalue weighted by molar-refractivity contribution is 0.373. The molecular formula is C13H10Cl3N3O2. The van der Waals surface area contributed by atoms with Crippen molar-refractivity contribution in [3.8, 4) is 11.5 Å². The fraction of sp³-hybridized carbons (Fsp3) is 0.0769. The van der Waals surface area contributed by atoms with Crippen LogP contribution in [0.15, 0.2) is 29.4 Å². The average molecular weight is 347 g/mol. The summed E-state index contributed by atoms with van der Waals surface area (Å²) in [5.74, 6) is 0.591. The zero-order valence-corrected chi connectivity index (χ0v) is 13.0. The first-order valence-electron chi connectivity index (χ1n) is 5.69. The van der Waals surface area contributed by atoms with E-state index in [1.54, 1.807) is 18.2 Å². The molecule has 0 amide bonds. The molecule has 0 radical (unpaired) electrons. The molecule has 1 heterocycles. The van der Waals surface area contributed by atoms with Crippen LogP contribution >= 0.6 is 34.8 Å². The molecule has 21 heavy (non-hydrogen) atoms. The number of phenols is 1. The Bertz CT molecular complexity index is 693. The summed E-state index contributed by atoms with van der Waals surface area (Å²) in [6.45, 7) is 0. The molecule has 0 unspecified atom stereocenters. The summed E-state index contributed by atoms with van der Waals surface area (Å²) in [4.78, 5) is 3.95. The highest BCUT2D eigenvalue weighted by molar-refractivity contribution is 6.42. The van der Waals surface area contributed by atoms with Gasteiger partial charge in [-0.2, -0.15) is 5.10 Å². The number of halogens is 3. The summed E-state index contributed by atoms with van der Waals surface area (Å²) in [6.07, 6.45) is 1.40. The number of methoxy groups -OCH3 is 1. The Hall–Kier alpha value is -1.69. The summed E-state index contributed by atoms with van der Waals surface area (Å²) in [6, 6.07) is 6.49. The number of nitrogens with one attached hydrogen (secondary N) is 1. The largest absolute Gasteiger partial charge is 0.504 e. The molecule has 0 aliphatic rings. The van der Waals surface area contributed by atoms with Gasteiger partial charge >= 0.3 is 0 Å². The molecule has 1 aromatic carbocycles. The highest BCUT2D eigenvalue weighted by Crippen LogP contribution is 2.30. The van der Waals surface area contributed by atoms with Gasteiger partial charge in [-0.05, 0) is 18.2 Å². The third-order valence-corrected chi connectivity index (χ3v) is 3.47. The fourth-order valence-electron chi connectivity index (χ4n) is 1.49. The second-order valence-corrected chi connectivity index (χ2v) is 5.03. The first-order valence-corrected chi connectivity index (χ1v) is 6.83. The molecule has 8 heteroatoms. The smallest absolute Gasteiger partial charge is 0.166 e. The van der Waals surface area contributed by atoms with Crippen molar-refractivity contribution in [2.45, 2.75) is 0 Å². The number of anilines is 1. The first kappa shape index (κ1) is 15.7. The second kappa shape index (κ2) is 6.85. The summed E-state index contributed by atoms with van der Waals surface area (Å²) in [5, 5.41) is 14.5. The van der Waals surface area contributed by atoms with Crippen molar-refractivity contribution in [2.24, 2.45) is 5.10 Å². The van der Waals surface area contributed by atoms with Crippen molar-refractivity contribution in [2.75, 3.05) is 12.5 Å². The Balaban J connectivity index is 2.18. The predicted octanol–water partition coefficient (Wildman–Crippen LogP) is 4.20. The van der Waals surface area contributed by atoms with Crippen molar-refractivity contribution in [3.05, 3.63) is 45.0 Å². The molecule has 0 saturated carbocycles. The summed E-state index contributed by atoms with van der Waals surface area (Å²) in [5.41, 5.74) is 3.10. The van der Waals surface area contributed by atoms with Gasteiger partial charge in [0.2, 0.25) is 0 Å². The van der Waals surface area contributed by atoms with Gasteiger partial charge in [0.15, 0.2) is 17.3 Å². The lowest BCUT2D eigenvalue weighted by Gasteiger charge is -2.06. The molecule has 1 aromatic heterocycles. The van der Waals surface area contributed by atoms with Gasteiger partial charge in [-0.25, -0.2) is 4.98 Å². The predicted molar refractivity (Wildman–Crippen MR) is 85.1 cm³/mol. The van der Waals surface area contributed by atoms with E-state index in [2.05, 4.69) is 15.5 Å². The molecule has 0 atom stereocenters. The summed E-state index contributed by atoms with van der Waals surface area (Å²) >= 11 is 17.5. The molecule has 5 nitrogen and oxygen atoms in total. The summed E-state index contributed by atoms with van der Waals surface area (Å²) in [7, 11) is 1.47. The molecular weight excluding hydrogens is 337 g/mol. The van der Waals surface area contributed by atoms with Crippen molar-refractivity contribution in [1.29, 1.82) is 0 Å². The van der Waals surface area contributed by atoms with Crippen molar-refractivity contribution in [3.63, 3.8) is 0 Å². The van der Waals surface area contributed by atoms with Crippen LogP contribution in [-0.2, 0) is 0 Å². The molecule has 0 aliphatic carbocycles. The normalized spacial score (nSPS) is 10.9. The van der Waals surface area contributed by atoms with E-state index in [-0.39, 0.29) is 26.8 Å². The first-order chi connectivity index (χ1) is 10.0. The Morgan fingerprint density at radius 1 is 1.29 bits per heavy atom. The molecule has 2 N–H and O–H groups in total. The van der Waals surface area contributed by atoms with Crippen molar-refractivity contribution in [1.82, 2.24) is 4.98 Å².